The van der Waals surface area contributed by atoms with Crippen molar-refractivity contribution >= 4 is 27.6 Å². The first-order valence-corrected chi connectivity index (χ1v) is 11.4. The molecule has 0 amide bonds. The molecule has 0 aromatic heterocycles. The summed E-state index contributed by atoms with van der Waals surface area (Å²) < 4.78 is 49.2. The SMILES string of the molecule is COc1ccc(S(=O)(=O)N[C@H](C(=O)OCc2cc(Cl)cc3c2OCOC3)C(C)C)cc1. The number of nitrogens with one attached hydrogen (secondary N) is 1. The normalized spacial score (nSPS) is 14.5. The number of rotatable bonds is 8. The Morgan fingerprint density at radius 1 is 1.23 bits per heavy atom. The topological polar surface area (TPSA) is 100 Å². The van der Waals surface area contributed by atoms with E-state index >= 15 is 0 Å². The number of carbonyl (C=O) groups is 1. The van der Waals surface area contributed by atoms with Crippen LogP contribution >= 0.6 is 11.6 Å². The largest absolute Gasteiger partial charge is 0.497 e. The molecule has 0 saturated carbocycles. The van der Waals surface area contributed by atoms with Crippen molar-refractivity contribution in [2.24, 2.45) is 5.92 Å². The minimum Gasteiger partial charge on any atom is -0.497 e. The second-order valence-corrected chi connectivity index (χ2v) is 9.44. The lowest BCUT2D eigenvalue weighted by Gasteiger charge is -2.23. The first-order chi connectivity index (χ1) is 14.7. The quantitative estimate of drug-likeness (QED) is 0.592. The molecule has 8 nitrogen and oxygen atoms in total. The molecule has 0 spiro atoms. The highest BCUT2D eigenvalue weighted by Crippen LogP contribution is 2.32. The minimum absolute atomic E-state index is 0.0176. The van der Waals surface area contributed by atoms with E-state index in [4.69, 9.17) is 30.5 Å². The molecule has 0 unspecified atom stereocenters. The van der Waals surface area contributed by atoms with Gasteiger partial charge in [-0.2, -0.15) is 4.72 Å². The molecule has 1 heterocycles. The Hall–Kier alpha value is -2.33. The molecule has 2 aromatic carbocycles. The summed E-state index contributed by atoms with van der Waals surface area (Å²) in [5.41, 5.74) is 1.34. The van der Waals surface area contributed by atoms with Crippen LogP contribution < -0.4 is 14.2 Å². The maximum atomic E-state index is 12.8. The van der Waals surface area contributed by atoms with E-state index in [-0.39, 0.29) is 24.2 Å². The van der Waals surface area contributed by atoms with Gasteiger partial charge >= 0.3 is 5.97 Å². The van der Waals surface area contributed by atoms with Crippen LogP contribution in [0, 0.1) is 5.92 Å². The van der Waals surface area contributed by atoms with Crippen molar-refractivity contribution < 1.29 is 32.2 Å². The molecule has 1 aliphatic heterocycles. The van der Waals surface area contributed by atoms with Crippen LogP contribution in [0.25, 0.3) is 0 Å². The number of ether oxygens (including phenoxy) is 4. The van der Waals surface area contributed by atoms with Crippen molar-refractivity contribution in [3.05, 3.63) is 52.5 Å². The summed E-state index contributed by atoms with van der Waals surface area (Å²) in [6.45, 7) is 3.77. The first kappa shape index (κ1) is 23.3. The standard InChI is InChI=1S/C21H24ClNO7S/c1-13(2)19(23-31(25,26)18-6-4-17(27-3)5-7-18)21(24)29-11-15-9-16(22)8-14-10-28-12-30-20(14)15/h4-9,13,19,23H,10-12H2,1-3H3/t19-/m0/s1. The summed E-state index contributed by atoms with van der Waals surface area (Å²) in [5.74, 6) is 0.0333. The highest BCUT2D eigenvalue weighted by molar-refractivity contribution is 7.89. The molecule has 0 saturated heterocycles. The van der Waals surface area contributed by atoms with Crippen molar-refractivity contribution in [3.63, 3.8) is 0 Å². The van der Waals surface area contributed by atoms with E-state index in [2.05, 4.69) is 4.72 Å². The number of benzene rings is 2. The predicted octanol–water partition coefficient (Wildman–Crippen LogP) is 3.26. The van der Waals surface area contributed by atoms with Gasteiger partial charge in [0.1, 0.15) is 24.1 Å². The van der Waals surface area contributed by atoms with E-state index in [9.17, 15) is 13.2 Å². The molecule has 0 aliphatic carbocycles. The first-order valence-electron chi connectivity index (χ1n) is 9.56. The molecule has 1 N–H and O–H groups in total. The molecule has 0 radical (unpaired) electrons. The number of carbonyl (C=O) groups excluding carboxylic acids is 1. The second-order valence-electron chi connectivity index (χ2n) is 7.29. The van der Waals surface area contributed by atoms with E-state index < -0.39 is 22.0 Å². The van der Waals surface area contributed by atoms with Crippen molar-refractivity contribution in [2.75, 3.05) is 13.9 Å². The van der Waals surface area contributed by atoms with Gasteiger partial charge in [0.25, 0.3) is 0 Å². The van der Waals surface area contributed by atoms with Gasteiger partial charge in [0.05, 0.1) is 18.6 Å². The van der Waals surface area contributed by atoms with Crippen LogP contribution in [0.4, 0.5) is 0 Å². The maximum Gasteiger partial charge on any atom is 0.324 e. The molecule has 1 aliphatic rings. The number of methoxy groups -OCH3 is 1. The van der Waals surface area contributed by atoms with Gasteiger partial charge in [-0.15, -0.1) is 0 Å². The Morgan fingerprint density at radius 2 is 1.94 bits per heavy atom. The van der Waals surface area contributed by atoms with Crippen LogP contribution in [0.2, 0.25) is 5.02 Å². The third-order valence-electron chi connectivity index (χ3n) is 4.69. The van der Waals surface area contributed by atoms with Crippen molar-refractivity contribution in [2.45, 2.75) is 38.0 Å². The lowest BCUT2D eigenvalue weighted by atomic mass is 10.1. The minimum atomic E-state index is -3.95. The fourth-order valence-electron chi connectivity index (χ4n) is 3.05. The fraction of sp³-hybridized carbons (Fsp3) is 0.381. The van der Waals surface area contributed by atoms with Crippen molar-refractivity contribution in [1.82, 2.24) is 4.72 Å². The lowest BCUT2D eigenvalue weighted by molar-refractivity contribution is -0.148. The Morgan fingerprint density at radius 3 is 2.58 bits per heavy atom. The summed E-state index contributed by atoms with van der Waals surface area (Å²) in [4.78, 5) is 12.8. The number of sulfonamides is 1. The zero-order chi connectivity index (χ0) is 22.6. The molecule has 168 valence electrons. The monoisotopic (exact) mass is 469 g/mol. The van der Waals surface area contributed by atoms with Gasteiger partial charge in [0, 0.05) is 16.1 Å². The molecule has 3 rings (SSSR count). The summed E-state index contributed by atoms with van der Waals surface area (Å²) in [6.07, 6.45) is 0. The van der Waals surface area contributed by atoms with Crippen LogP contribution in [-0.4, -0.2) is 34.3 Å². The van der Waals surface area contributed by atoms with E-state index in [1.54, 1.807) is 26.0 Å². The van der Waals surface area contributed by atoms with Gasteiger partial charge in [-0.3, -0.25) is 4.79 Å². The highest BCUT2D eigenvalue weighted by atomic mass is 35.5. The van der Waals surface area contributed by atoms with E-state index in [0.717, 1.165) is 5.56 Å². The average Bonchev–Trinajstić information content (AvgIpc) is 2.75. The Bertz CT molecular complexity index is 1040. The molecule has 0 fully saturated rings. The zero-order valence-corrected chi connectivity index (χ0v) is 19.0. The summed E-state index contributed by atoms with van der Waals surface area (Å²) in [6, 6.07) is 8.16. The molecule has 2 aromatic rings. The second kappa shape index (κ2) is 9.86. The zero-order valence-electron chi connectivity index (χ0n) is 17.4. The maximum absolute atomic E-state index is 12.8. The van der Waals surface area contributed by atoms with Gasteiger partial charge in [0.2, 0.25) is 10.0 Å². The number of esters is 1. The van der Waals surface area contributed by atoms with E-state index in [0.29, 0.717) is 28.7 Å². The molecule has 1 atom stereocenters. The molecular weight excluding hydrogens is 446 g/mol. The van der Waals surface area contributed by atoms with Gasteiger partial charge < -0.3 is 18.9 Å². The smallest absolute Gasteiger partial charge is 0.324 e. The van der Waals surface area contributed by atoms with E-state index in [1.165, 1.54) is 31.4 Å². The summed E-state index contributed by atoms with van der Waals surface area (Å²) in [7, 11) is -2.46. The van der Waals surface area contributed by atoms with Crippen molar-refractivity contribution in [3.8, 4) is 11.5 Å². The highest BCUT2D eigenvalue weighted by Gasteiger charge is 2.30. The van der Waals surface area contributed by atoms with Gasteiger partial charge in [-0.25, -0.2) is 8.42 Å². The van der Waals surface area contributed by atoms with Gasteiger partial charge in [-0.1, -0.05) is 25.4 Å². The number of hydrogen-bond acceptors (Lipinski definition) is 7. The number of hydrogen-bond donors (Lipinski definition) is 1. The Labute approximate surface area is 186 Å². The third-order valence-corrected chi connectivity index (χ3v) is 6.37. The lowest BCUT2D eigenvalue weighted by Crippen LogP contribution is -2.45. The van der Waals surface area contributed by atoms with Crippen LogP contribution in [0.15, 0.2) is 41.3 Å². The Kier molecular flexibility index (Phi) is 7.42. The van der Waals surface area contributed by atoms with Gasteiger partial charge in [0.15, 0.2) is 6.79 Å². The molecule has 31 heavy (non-hydrogen) atoms. The fourth-order valence-corrected chi connectivity index (χ4v) is 4.65. The van der Waals surface area contributed by atoms with E-state index in [1.807, 2.05) is 0 Å². The molecule has 10 heteroatoms. The average molecular weight is 470 g/mol. The predicted molar refractivity (Wildman–Crippen MR) is 113 cm³/mol. The van der Waals surface area contributed by atoms with Crippen LogP contribution in [0.1, 0.15) is 25.0 Å². The van der Waals surface area contributed by atoms with Crippen LogP contribution in [0.5, 0.6) is 11.5 Å². The summed E-state index contributed by atoms with van der Waals surface area (Å²) >= 11 is 6.13. The van der Waals surface area contributed by atoms with Crippen molar-refractivity contribution in [1.29, 1.82) is 0 Å². The third kappa shape index (κ3) is 5.68. The molecule has 0 bridgehead atoms. The number of fused-ring (bicyclic) bond motifs is 1. The van der Waals surface area contributed by atoms with Crippen LogP contribution in [-0.2, 0) is 37.5 Å². The van der Waals surface area contributed by atoms with Gasteiger partial charge in [-0.05, 0) is 42.3 Å². The molecular formula is C21H24ClNO7S. The number of halogens is 1. The summed E-state index contributed by atoms with van der Waals surface area (Å²) in [5, 5.41) is 0.458. The Balaban J connectivity index is 1.73. The van der Waals surface area contributed by atoms with Crippen LogP contribution in [0.3, 0.4) is 0 Å².